The summed E-state index contributed by atoms with van der Waals surface area (Å²) < 4.78 is 5.13. The molecular weight excluding hydrogens is 242 g/mol. The quantitative estimate of drug-likeness (QED) is 0.626. The van der Waals surface area contributed by atoms with E-state index in [9.17, 15) is 0 Å². The first-order chi connectivity index (χ1) is 7.51. The van der Waals surface area contributed by atoms with E-state index < -0.39 is 0 Å². The molecule has 0 aliphatic rings. The van der Waals surface area contributed by atoms with Gasteiger partial charge in [0, 0.05) is 17.8 Å². The Kier molecular flexibility index (Phi) is 4.96. The fourth-order valence-corrected chi connectivity index (χ4v) is 1.93. The van der Waals surface area contributed by atoms with Crippen molar-refractivity contribution in [2.75, 3.05) is 19.5 Å². The maximum atomic E-state index is 6.11. The molecule has 0 fully saturated rings. The van der Waals surface area contributed by atoms with Crippen LogP contribution in [0.2, 0.25) is 5.02 Å². The average Bonchev–Trinajstić information content (AvgIpc) is 2.26. The van der Waals surface area contributed by atoms with Crippen LogP contribution in [0.4, 0.5) is 0 Å². The molecule has 1 aromatic rings. The van der Waals surface area contributed by atoms with E-state index in [1.165, 1.54) is 5.56 Å². The third-order valence-corrected chi connectivity index (χ3v) is 3.13. The van der Waals surface area contributed by atoms with Gasteiger partial charge in [0.1, 0.15) is 5.75 Å². The molecule has 4 heteroatoms. The average molecular weight is 260 g/mol. The molecule has 1 N–H and O–H groups in total. The van der Waals surface area contributed by atoms with Gasteiger partial charge in [0.2, 0.25) is 0 Å². The van der Waals surface area contributed by atoms with E-state index in [0.717, 1.165) is 6.54 Å². The van der Waals surface area contributed by atoms with Crippen LogP contribution < -0.4 is 10.1 Å². The van der Waals surface area contributed by atoms with Crippen molar-refractivity contribution < 1.29 is 4.74 Å². The number of benzene rings is 1. The molecule has 0 radical (unpaired) electrons. The number of ether oxygens (including phenoxy) is 1. The Morgan fingerprint density at radius 3 is 2.62 bits per heavy atom. The van der Waals surface area contributed by atoms with Gasteiger partial charge in [0.05, 0.1) is 12.1 Å². The van der Waals surface area contributed by atoms with Crippen molar-refractivity contribution in [3.8, 4) is 5.75 Å². The molecule has 0 heterocycles. The van der Waals surface area contributed by atoms with Gasteiger partial charge < -0.3 is 10.1 Å². The molecule has 0 aliphatic carbocycles. The fourth-order valence-electron chi connectivity index (χ4n) is 1.56. The molecule has 0 saturated heterocycles. The number of hydrogen-bond donors (Lipinski definition) is 2. The van der Waals surface area contributed by atoms with Crippen molar-refractivity contribution in [2.45, 2.75) is 19.3 Å². The van der Waals surface area contributed by atoms with Crippen molar-refractivity contribution in [1.82, 2.24) is 5.32 Å². The Bertz CT molecular complexity index is 355. The first kappa shape index (κ1) is 13.7. The lowest BCUT2D eigenvalue weighted by Gasteiger charge is -2.26. The molecule has 1 aromatic carbocycles. The van der Waals surface area contributed by atoms with Crippen LogP contribution in [0.3, 0.4) is 0 Å². The van der Waals surface area contributed by atoms with E-state index in [1.807, 2.05) is 18.2 Å². The lowest BCUT2D eigenvalue weighted by molar-refractivity contribution is 0.414. The highest BCUT2D eigenvalue weighted by atomic mass is 35.5. The van der Waals surface area contributed by atoms with E-state index in [2.05, 4.69) is 31.8 Å². The minimum atomic E-state index is 0.0264. The summed E-state index contributed by atoms with van der Waals surface area (Å²) in [6.45, 7) is 5.20. The Hall–Kier alpha value is -0.380. The Labute approximate surface area is 108 Å². The lowest BCUT2D eigenvalue weighted by Crippen LogP contribution is -2.32. The van der Waals surface area contributed by atoms with Crippen molar-refractivity contribution >= 4 is 24.2 Å². The maximum Gasteiger partial charge on any atom is 0.137 e. The molecule has 0 unspecified atom stereocenters. The summed E-state index contributed by atoms with van der Waals surface area (Å²) in [6.07, 6.45) is 0. The highest BCUT2D eigenvalue weighted by Gasteiger charge is 2.20. The molecule has 2 nitrogen and oxygen atoms in total. The summed E-state index contributed by atoms with van der Waals surface area (Å²) in [5, 5.41) is 3.88. The van der Waals surface area contributed by atoms with Gasteiger partial charge in [-0.1, -0.05) is 31.5 Å². The minimum absolute atomic E-state index is 0.0264. The van der Waals surface area contributed by atoms with Crippen molar-refractivity contribution in [2.24, 2.45) is 0 Å². The topological polar surface area (TPSA) is 21.3 Å². The molecule has 0 atom stereocenters. The summed E-state index contributed by atoms with van der Waals surface area (Å²) in [5.41, 5.74) is 1.21. The van der Waals surface area contributed by atoms with Gasteiger partial charge in [0.15, 0.2) is 0 Å². The molecule has 90 valence electrons. The normalized spacial score (nSPS) is 11.6. The molecule has 0 spiro atoms. The van der Waals surface area contributed by atoms with Crippen LogP contribution in [0.1, 0.15) is 19.4 Å². The molecule has 0 bridgehead atoms. The van der Waals surface area contributed by atoms with Gasteiger partial charge in [-0.05, 0) is 17.7 Å². The van der Waals surface area contributed by atoms with Crippen LogP contribution in [0, 0.1) is 0 Å². The van der Waals surface area contributed by atoms with Crippen molar-refractivity contribution in [3.63, 3.8) is 0 Å². The van der Waals surface area contributed by atoms with E-state index in [1.54, 1.807) is 7.11 Å². The number of rotatable bonds is 5. The lowest BCUT2D eigenvalue weighted by atomic mass is 9.84. The highest BCUT2D eigenvalue weighted by molar-refractivity contribution is 7.80. The SMILES string of the molecule is COc1ccc(C(C)(C)CNCS)cc1Cl. The summed E-state index contributed by atoms with van der Waals surface area (Å²) in [7, 11) is 1.62. The van der Waals surface area contributed by atoms with Crippen LogP contribution in [-0.4, -0.2) is 19.5 Å². The molecule has 16 heavy (non-hydrogen) atoms. The van der Waals surface area contributed by atoms with Gasteiger partial charge in [-0.15, -0.1) is 0 Å². The predicted molar refractivity (Wildman–Crippen MR) is 72.9 cm³/mol. The van der Waals surface area contributed by atoms with Crippen LogP contribution in [0.15, 0.2) is 18.2 Å². The van der Waals surface area contributed by atoms with E-state index >= 15 is 0 Å². The monoisotopic (exact) mass is 259 g/mol. The second kappa shape index (κ2) is 5.80. The van der Waals surface area contributed by atoms with E-state index in [0.29, 0.717) is 16.6 Å². The summed E-state index contributed by atoms with van der Waals surface area (Å²) in [5.74, 6) is 1.39. The standard InChI is InChI=1S/C12H18ClNOS/c1-12(2,7-14-8-16)9-4-5-11(15-3)10(13)6-9/h4-6,14,16H,7-8H2,1-3H3. The summed E-state index contributed by atoms with van der Waals surface area (Å²) in [6, 6.07) is 5.91. The Morgan fingerprint density at radius 1 is 1.44 bits per heavy atom. The number of nitrogens with one attached hydrogen (secondary N) is 1. The number of halogens is 1. The summed E-state index contributed by atoms with van der Waals surface area (Å²) >= 11 is 10.2. The van der Waals surface area contributed by atoms with Crippen LogP contribution in [0.5, 0.6) is 5.75 Å². The zero-order valence-electron chi connectivity index (χ0n) is 9.88. The van der Waals surface area contributed by atoms with Crippen LogP contribution in [0.25, 0.3) is 0 Å². The van der Waals surface area contributed by atoms with Gasteiger partial charge in [0.25, 0.3) is 0 Å². The molecule has 1 rings (SSSR count). The number of hydrogen-bond acceptors (Lipinski definition) is 3. The first-order valence-corrected chi connectivity index (χ1v) is 6.18. The summed E-state index contributed by atoms with van der Waals surface area (Å²) in [4.78, 5) is 0. The van der Waals surface area contributed by atoms with Gasteiger partial charge >= 0.3 is 0 Å². The third-order valence-electron chi connectivity index (χ3n) is 2.61. The number of methoxy groups -OCH3 is 1. The molecule has 0 aromatic heterocycles. The zero-order chi connectivity index (χ0) is 12.2. The second-order valence-electron chi connectivity index (χ2n) is 4.32. The Balaban J connectivity index is 2.91. The van der Waals surface area contributed by atoms with Crippen molar-refractivity contribution in [3.05, 3.63) is 28.8 Å². The Morgan fingerprint density at radius 2 is 2.12 bits per heavy atom. The maximum absolute atomic E-state index is 6.11. The zero-order valence-corrected chi connectivity index (χ0v) is 11.5. The van der Waals surface area contributed by atoms with Gasteiger partial charge in [-0.25, -0.2) is 0 Å². The molecule has 0 aliphatic heterocycles. The minimum Gasteiger partial charge on any atom is -0.495 e. The fraction of sp³-hybridized carbons (Fsp3) is 0.500. The van der Waals surface area contributed by atoms with Gasteiger partial charge in [-0.3, -0.25) is 0 Å². The van der Waals surface area contributed by atoms with Crippen LogP contribution in [-0.2, 0) is 5.41 Å². The number of thiol groups is 1. The second-order valence-corrected chi connectivity index (χ2v) is 5.04. The highest BCUT2D eigenvalue weighted by Crippen LogP contribution is 2.30. The largest absolute Gasteiger partial charge is 0.495 e. The molecule has 0 saturated carbocycles. The molecular formula is C12H18ClNOS. The smallest absolute Gasteiger partial charge is 0.137 e. The first-order valence-electron chi connectivity index (χ1n) is 5.17. The van der Waals surface area contributed by atoms with Gasteiger partial charge in [-0.2, -0.15) is 12.6 Å². The molecule has 0 amide bonds. The van der Waals surface area contributed by atoms with E-state index in [4.69, 9.17) is 16.3 Å². The van der Waals surface area contributed by atoms with Crippen LogP contribution >= 0.6 is 24.2 Å². The van der Waals surface area contributed by atoms with Crippen molar-refractivity contribution in [1.29, 1.82) is 0 Å². The van der Waals surface area contributed by atoms with E-state index in [-0.39, 0.29) is 5.41 Å². The third kappa shape index (κ3) is 3.30. The predicted octanol–water partition coefficient (Wildman–Crippen LogP) is 3.10.